The summed E-state index contributed by atoms with van der Waals surface area (Å²) >= 11 is 0. The summed E-state index contributed by atoms with van der Waals surface area (Å²) in [5, 5.41) is 0. The highest BCUT2D eigenvalue weighted by atomic mass is 32.2. The van der Waals surface area contributed by atoms with E-state index in [1.54, 1.807) is 6.92 Å². The van der Waals surface area contributed by atoms with Gasteiger partial charge in [-0.25, -0.2) is 0 Å². The van der Waals surface area contributed by atoms with Gasteiger partial charge in [-0.1, -0.05) is 30.3 Å². The van der Waals surface area contributed by atoms with Crippen molar-refractivity contribution in [3.8, 4) is 0 Å². The van der Waals surface area contributed by atoms with Crippen LogP contribution in [0.25, 0.3) is 0 Å². The molecule has 82 valence electrons. The Morgan fingerprint density at radius 3 is 2.53 bits per heavy atom. The molecule has 0 heterocycles. The largest absolute Gasteiger partial charge is 0.300 e. The molecule has 1 rings (SSSR count). The fourth-order valence-electron chi connectivity index (χ4n) is 1.31. The van der Waals surface area contributed by atoms with Gasteiger partial charge in [-0.2, -0.15) is 0 Å². The Kier molecular flexibility index (Phi) is 5.26. The summed E-state index contributed by atoms with van der Waals surface area (Å²) in [6.07, 6.45) is 1.27. The Morgan fingerprint density at radius 1 is 1.27 bits per heavy atom. The summed E-state index contributed by atoms with van der Waals surface area (Å²) in [6.45, 7) is 1.57. The average Bonchev–Trinajstić information content (AvgIpc) is 2.18. The molecule has 15 heavy (non-hydrogen) atoms. The Hall–Kier alpha value is -0.960. The first kappa shape index (κ1) is 12.1. The first-order valence-electron chi connectivity index (χ1n) is 5.07. The third kappa shape index (κ3) is 5.47. The van der Waals surface area contributed by atoms with E-state index in [2.05, 4.69) is 0 Å². The molecule has 2 nitrogen and oxygen atoms in total. The van der Waals surface area contributed by atoms with Crippen LogP contribution in [0.1, 0.15) is 25.3 Å². The fourth-order valence-corrected chi connectivity index (χ4v) is 2.49. The van der Waals surface area contributed by atoms with Crippen LogP contribution in [-0.2, 0) is 21.3 Å². The highest BCUT2D eigenvalue weighted by Crippen LogP contribution is 2.04. The SMILES string of the molecule is CC(=O)CCCS(=O)Cc1ccccc1. The van der Waals surface area contributed by atoms with E-state index in [0.717, 1.165) is 12.0 Å². The van der Waals surface area contributed by atoms with Gasteiger partial charge in [0.15, 0.2) is 0 Å². The van der Waals surface area contributed by atoms with Gasteiger partial charge in [0.25, 0.3) is 0 Å². The maximum Gasteiger partial charge on any atom is 0.129 e. The molecule has 0 aliphatic rings. The van der Waals surface area contributed by atoms with Crippen LogP contribution in [0.4, 0.5) is 0 Å². The van der Waals surface area contributed by atoms with Crippen molar-refractivity contribution in [1.29, 1.82) is 0 Å². The normalized spacial score (nSPS) is 12.3. The molecule has 0 N–H and O–H groups in total. The summed E-state index contributed by atoms with van der Waals surface area (Å²) in [4.78, 5) is 10.7. The van der Waals surface area contributed by atoms with Crippen molar-refractivity contribution in [1.82, 2.24) is 0 Å². The molecule has 0 bridgehead atoms. The maximum absolute atomic E-state index is 11.6. The molecule has 1 aromatic carbocycles. The molecule has 3 heteroatoms. The zero-order valence-corrected chi connectivity index (χ0v) is 9.76. The summed E-state index contributed by atoms with van der Waals surface area (Å²) < 4.78 is 11.6. The van der Waals surface area contributed by atoms with Gasteiger partial charge in [-0.15, -0.1) is 0 Å². The third-order valence-corrected chi connectivity index (χ3v) is 3.47. The van der Waals surface area contributed by atoms with E-state index < -0.39 is 10.8 Å². The number of rotatable bonds is 6. The molecule has 1 unspecified atom stereocenters. The molecule has 0 saturated heterocycles. The molecular formula is C12H16O2S. The van der Waals surface area contributed by atoms with E-state index in [1.165, 1.54) is 0 Å². The van der Waals surface area contributed by atoms with E-state index in [4.69, 9.17) is 0 Å². The van der Waals surface area contributed by atoms with Crippen LogP contribution in [0.2, 0.25) is 0 Å². The van der Waals surface area contributed by atoms with Gasteiger partial charge < -0.3 is 4.79 Å². The van der Waals surface area contributed by atoms with Crippen molar-refractivity contribution >= 4 is 16.6 Å². The van der Waals surface area contributed by atoms with Crippen molar-refractivity contribution in [3.05, 3.63) is 35.9 Å². The monoisotopic (exact) mass is 224 g/mol. The summed E-state index contributed by atoms with van der Waals surface area (Å²) in [7, 11) is -0.840. The highest BCUT2D eigenvalue weighted by molar-refractivity contribution is 7.84. The standard InChI is InChI=1S/C12H16O2S/c1-11(13)6-5-9-15(14)10-12-7-3-2-4-8-12/h2-4,7-8H,5-6,9-10H2,1H3. The van der Waals surface area contributed by atoms with E-state index in [1.807, 2.05) is 30.3 Å². The van der Waals surface area contributed by atoms with Crippen molar-refractivity contribution in [2.45, 2.75) is 25.5 Å². The van der Waals surface area contributed by atoms with Gasteiger partial charge in [0, 0.05) is 28.7 Å². The number of hydrogen-bond acceptors (Lipinski definition) is 2. The fraction of sp³-hybridized carbons (Fsp3) is 0.417. The summed E-state index contributed by atoms with van der Waals surface area (Å²) in [5.41, 5.74) is 1.10. The molecule has 0 aliphatic heterocycles. The quantitative estimate of drug-likeness (QED) is 0.743. The van der Waals surface area contributed by atoms with E-state index in [0.29, 0.717) is 17.9 Å². The topological polar surface area (TPSA) is 34.1 Å². The second kappa shape index (κ2) is 6.51. The molecule has 0 aliphatic carbocycles. The molecule has 1 aromatic rings. The lowest BCUT2D eigenvalue weighted by molar-refractivity contribution is -0.117. The summed E-state index contributed by atoms with van der Waals surface area (Å²) in [6, 6.07) is 9.79. The van der Waals surface area contributed by atoms with Crippen molar-refractivity contribution in [2.75, 3.05) is 5.75 Å². The Labute approximate surface area is 93.2 Å². The lowest BCUT2D eigenvalue weighted by Gasteiger charge is -2.01. The predicted octanol–water partition coefficient (Wildman–Crippen LogP) is 2.30. The predicted molar refractivity (Wildman–Crippen MR) is 63.1 cm³/mol. The van der Waals surface area contributed by atoms with Crippen LogP contribution < -0.4 is 0 Å². The van der Waals surface area contributed by atoms with Crippen molar-refractivity contribution in [3.63, 3.8) is 0 Å². The minimum atomic E-state index is -0.840. The molecule has 1 atom stereocenters. The van der Waals surface area contributed by atoms with Gasteiger partial charge in [-0.05, 0) is 18.9 Å². The number of hydrogen-bond donors (Lipinski definition) is 0. The van der Waals surface area contributed by atoms with E-state index >= 15 is 0 Å². The number of carbonyl (C=O) groups is 1. The van der Waals surface area contributed by atoms with Gasteiger partial charge in [0.05, 0.1) is 0 Å². The molecule has 0 aromatic heterocycles. The Morgan fingerprint density at radius 2 is 1.93 bits per heavy atom. The number of carbonyl (C=O) groups excluding carboxylic acids is 1. The van der Waals surface area contributed by atoms with Gasteiger partial charge >= 0.3 is 0 Å². The van der Waals surface area contributed by atoms with Crippen LogP contribution in [-0.4, -0.2) is 15.7 Å². The lowest BCUT2D eigenvalue weighted by Crippen LogP contribution is -2.02. The maximum atomic E-state index is 11.6. The minimum absolute atomic E-state index is 0.173. The Balaban J connectivity index is 2.28. The van der Waals surface area contributed by atoms with Crippen LogP contribution in [0.5, 0.6) is 0 Å². The van der Waals surface area contributed by atoms with Gasteiger partial charge in [0.1, 0.15) is 5.78 Å². The molecule has 0 saturated carbocycles. The smallest absolute Gasteiger partial charge is 0.129 e. The van der Waals surface area contributed by atoms with Crippen molar-refractivity contribution < 1.29 is 9.00 Å². The van der Waals surface area contributed by atoms with Crippen molar-refractivity contribution in [2.24, 2.45) is 0 Å². The van der Waals surface area contributed by atoms with Crippen LogP contribution in [0, 0.1) is 0 Å². The van der Waals surface area contributed by atoms with E-state index in [9.17, 15) is 9.00 Å². The van der Waals surface area contributed by atoms with E-state index in [-0.39, 0.29) is 5.78 Å². The van der Waals surface area contributed by atoms with Gasteiger partial charge in [-0.3, -0.25) is 4.21 Å². The average molecular weight is 224 g/mol. The van der Waals surface area contributed by atoms with Crippen LogP contribution in [0.3, 0.4) is 0 Å². The molecule has 0 fully saturated rings. The second-order valence-corrected chi connectivity index (χ2v) is 5.16. The third-order valence-electron chi connectivity index (χ3n) is 2.07. The zero-order valence-electron chi connectivity index (χ0n) is 8.94. The van der Waals surface area contributed by atoms with Gasteiger partial charge in [0.2, 0.25) is 0 Å². The summed E-state index contributed by atoms with van der Waals surface area (Å²) in [5.74, 6) is 1.39. The second-order valence-electron chi connectivity index (χ2n) is 3.58. The number of benzene rings is 1. The Bertz CT molecular complexity index is 333. The van der Waals surface area contributed by atoms with Crippen LogP contribution >= 0.6 is 0 Å². The first-order valence-corrected chi connectivity index (χ1v) is 6.55. The molecule has 0 radical (unpaired) electrons. The first-order chi connectivity index (χ1) is 7.18. The van der Waals surface area contributed by atoms with Crippen LogP contribution in [0.15, 0.2) is 30.3 Å². The molecular weight excluding hydrogens is 208 g/mol. The molecule has 0 amide bonds. The zero-order chi connectivity index (χ0) is 11.1. The number of Topliss-reactive ketones (excluding diaryl/α,β-unsaturated/α-hetero) is 1. The number of ketones is 1. The highest BCUT2D eigenvalue weighted by Gasteiger charge is 2.02. The minimum Gasteiger partial charge on any atom is -0.300 e. The molecule has 0 spiro atoms. The lowest BCUT2D eigenvalue weighted by atomic mass is 10.2.